The molecule has 2 N–H and O–H groups in total. The van der Waals surface area contributed by atoms with Crippen molar-refractivity contribution < 1.29 is 0 Å². The zero-order valence-electron chi connectivity index (χ0n) is 11.4. The molecule has 19 heavy (non-hydrogen) atoms. The van der Waals surface area contributed by atoms with Gasteiger partial charge in [-0.25, -0.2) is 9.67 Å². The lowest BCUT2D eigenvalue weighted by Crippen LogP contribution is -2.22. The van der Waals surface area contributed by atoms with E-state index in [1.54, 1.807) is 0 Å². The number of nitrogens with two attached hydrogens (primary N) is 1. The van der Waals surface area contributed by atoms with Crippen LogP contribution in [0.4, 0.5) is 5.69 Å². The largest absolute Gasteiger partial charge is 0.378 e. The van der Waals surface area contributed by atoms with E-state index in [-0.39, 0.29) is 6.04 Å². The van der Waals surface area contributed by atoms with Crippen LogP contribution in [-0.2, 0) is 6.54 Å². The molecule has 100 valence electrons. The fourth-order valence-corrected chi connectivity index (χ4v) is 2.41. The standard InChI is InChI=1S/C14H19N5/c1-18(2)11-7-5-10(6-8-11)13-16-14-12(15)4-3-9-19(14)17-13/h5-8,12H,3-4,9,15H2,1-2H3. The predicted octanol–water partition coefficient (Wildman–Crippen LogP) is 1.80. The van der Waals surface area contributed by atoms with Crippen molar-refractivity contribution >= 4 is 5.69 Å². The first kappa shape index (κ1) is 12.2. The van der Waals surface area contributed by atoms with E-state index >= 15 is 0 Å². The molecule has 5 nitrogen and oxygen atoms in total. The topological polar surface area (TPSA) is 60.0 Å². The molecule has 2 heterocycles. The second kappa shape index (κ2) is 4.66. The van der Waals surface area contributed by atoms with Gasteiger partial charge in [0.2, 0.25) is 0 Å². The first-order valence-electron chi connectivity index (χ1n) is 6.63. The van der Waals surface area contributed by atoms with Gasteiger partial charge in [-0.05, 0) is 37.1 Å². The van der Waals surface area contributed by atoms with Crippen LogP contribution < -0.4 is 10.6 Å². The first-order chi connectivity index (χ1) is 9.15. The Bertz CT molecular complexity index is 570. The summed E-state index contributed by atoms with van der Waals surface area (Å²) in [5, 5.41) is 4.56. The van der Waals surface area contributed by atoms with Crippen LogP contribution in [0, 0.1) is 0 Å². The van der Waals surface area contributed by atoms with Crippen LogP contribution in [0.2, 0.25) is 0 Å². The normalized spacial score (nSPS) is 18.2. The van der Waals surface area contributed by atoms with Gasteiger partial charge in [0.1, 0.15) is 5.82 Å². The van der Waals surface area contributed by atoms with Crippen molar-refractivity contribution in [3.63, 3.8) is 0 Å². The SMILES string of the molecule is CN(C)c1ccc(-c2nc3n(n2)CCCC3N)cc1. The predicted molar refractivity (Wildman–Crippen MR) is 75.9 cm³/mol. The number of nitrogens with zero attached hydrogens (tertiary/aromatic N) is 4. The number of anilines is 1. The number of hydrogen-bond acceptors (Lipinski definition) is 4. The highest BCUT2D eigenvalue weighted by Gasteiger charge is 2.21. The fraction of sp³-hybridized carbons (Fsp3) is 0.429. The van der Waals surface area contributed by atoms with Gasteiger partial charge in [0, 0.05) is 31.9 Å². The number of aryl methyl sites for hydroxylation is 1. The molecule has 0 spiro atoms. The molecule has 0 saturated heterocycles. The lowest BCUT2D eigenvalue weighted by Gasteiger charge is -2.17. The number of hydrogen-bond donors (Lipinski definition) is 1. The molecule has 2 aromatic rings. The summed E-state index contributed by atoms with van der Waals surface area (Å²) in [6.45, 7) is 0.922. The molecule has 0 bridgehead atoms. The van der Waals surface area contributed by atoms with Crippen molar-refractivity contribution in [1.82, 2.24) is 14.8 Å². The average molecular weight is 257 g/mol. The molecule has 3 rings (SSSR count). The van der Waals surface area contributed by atoms with E-state index in [0.717, 1.165) is 36.6 Å². The van der Waals surface area contributed by atoms with Crippen LogP contribution in [-0.4, -0.2) is 28.9 Å². The van der Waals surface area contributed by atoms with E-state index in [4.69, 9.17) is 5.73 Å². The van der Waals surface area contributed by atoms with Crippen molar-refractivity contribution in [1.29, 1.82) is 0 Å². The minimum Gasteiger partial charge on any atom is -0.378 e. The van der Waals surface area contributed by atoms with Crippen molar-refractivity contribution in [2.24, 2.45) is 5.73 Å². The molecule has 1 unspecified atom stereocenters. The summed E-state index contributed by atoms with van der Waals surface area (Å²) < 4.78 is 1.95. The minimum atomic E-state index is 0.0241. The Morgan fingerprint density at radius 1 is 1.26 bits per heavy atom. The van der Waals surface area contributed by atoms with Gasteiger partial charge in [-0.2, -0.15) is 5.10 Å². The summed E-state index contributed by atoms with van der Waals surface area (Å²) in [5.74, 6) is 1.69. The molecule has 1 aromatic carbocycles. The van der Waals surface area contributed by atoms with Gasteiger partial charge in [0.05, 0.1) is 6.04 Å². The van der Waals surface area contributed by atoms with Gasteiger partial charge in [-0.15, -0.1) is 0 Å². The van der Waals surface area contributed by atoms with Crippen molar-refractivity contribution in [2.75, 3.05) is 19.0 Å². The Morgan fingerprint density at radius 3 is 2.63 bits per heavy atom. The lowest BCUT2D eigenvalue weighted by atomic mass is 10.1. The summed E-state index contributed by atoms with van der Waals surface area (Å²) in [4.78, 5) is 6.66. The molecular formula is C14H19N5. The van der Waals surface area contributed by atoms with E-state index < -0.39 is 0 Å². The van der Waals surface area contributed by atoms with Crippen LogP contribution in [0.5, 0.6) is 0 Å². The third-order valence-corrected chi connectivity index (χ3v) is 3.56. The monoisotopic (exact) mass is 257 g/mol. The molecule has 0 radical (unpaired) electrons. The average Bonchev–Trinajstić information content (AvgIpc) is 2.84. The van der Waals surface area contributed by atoms with E-state index in [1.165, 1.54) is 5.69 Å². The number of fused-ring (bicyclic) bond motifs is 1. The van der Waals surface area contributed by atoms with Crippen LogP contribution in [0.25, 0.3) is 11.4 Å². The molecular weight excluding hydrogens is 238 g/mol. The van der Waals surface area contributed by atoms with Crippen molar-refractivity contribution in [2.45, 2.75) is 25.4 Å². The second-order valence-corrected chi connectivity index (χ2v) is 5.21. The Morgan fingerprint density at radius 2 is 2.00 bits per heavy atom. The van der Waals surface area contributed by atoms with Crippen molar-refractivity contribution in [3.05, 3.63) is 30.1 Å². The molecule has 1 aliphatic heterocycles. The smallest absolute Gasteiger partial charge is 0.181 e. The first-order valence-corrected chi connectivity index (χ1v) is 6.63. The highest BCUT2D eigenvalue weighted by molar-refractivity contribution is 5.60. The van der Waals surface area contributed by atoms with E-state index in [1.807, 2.05) is 18.8 Å². The zero-order valence-corrected chi connectivity index (χ0v) is 11.4. The highest BCUT2D eigenvalue weighted by atomic mass is 15.4. The molecule has 1 aliphatic rings. The Kier molecular flexibility index (Phi) is 2.98. The number of rotatable bonds is 2. The quantitative estimate of drug-likeness (QED) is 0.891. The Hall–Kier alpha value is -1.88. The number of aromatic nitrogens is 3. The summed E-state index contributed by atoms with van der Waals surface area (Å²) in [6, 6.07) is 8.30. The molecule has 0 amide bonds. The molecule has 0 aliphatic carbocycles. The van der Waals surface area contributed by atoms with E-state index in [2.05, 4.69) is 39.2 Å². The van der Waals surface area contributed by atoms with Crippen molar-refractivity contribution in [3.8, 4) is 11.4 Å². The van der Waals surface area contributed by atoms with Crippen LogP contribution in [0.15, 0.2) is 24.3 Å². The molecule has 1 atom stereocenters. The summed E-state index contributed by atoms with van der Waals surface area (Å²) in [7, 11) is 4.06. The summed E-state index contributed by atoms with van der Waals surface area (Å²) in [5.41, 5.74) is 8.28. The lowest BCUT2D eigenvalue weighted by molar-refractivity contribution is 0.422. The van der Waals surface area contributed by atoms with E-state index in [9.17, 15) is 0 Å². The summed E-state index contributed by atoms with van der Waals surface area (Å²) in [6.07, 6.45) is 2.08. The van der Waals surface area contributed by atoms with Crippen LogP contribution >= 0.6 is 0 Å². The Balaban J connectivity index is 1.94. The fourth-order valence-electron chi connectivity index (χ4n) is 2.41. The van der Waals surface area contributed by atoms with Gasteiger partial charge in [0.25, 0.3) is 0 Å². The highest BCUT2D eigenvalue weighted by Crippen LogP contribution is 2.25. The van der Waals surface area contributed by atoms with Crippen LogP contribution in [0.3, 0.4) is 0 Å². The number of benzene rings is 1. The second-order valence-electron chi connectivity index (χ2n) is 5.21. The minimum absolute atomic E-state index is 0.0241. The molecule has 5 heteroatoms. The molecule has 0 saturated carbocycles. The molecule has 0 fully saturated rings. The van der Waals surface area contributed by atoms with E-state index in [0.29, 0.717) is 0 Å². The maximum atomic E-state index is 6.07. The Labute approximate surface area is 113 Å². The third-order valence-electron chi connectivity index (χ3n) is 3.56. The van der Waals surface area contributed by atoms with Gasteiger partial charge in [0.15, 0.2) is 5.82 Å². The molecule has 1 aromatic heterocycles. The van der Waals surface area contributed by atoms with Gasteiger partial charge in [-0.1, -0.05) is 0 Å². The third kappa shape index (κ3) is 2.21. The van der Waals surface area contributed by atoms with Gasteiger partial charge >= 0.3 is 0 Å². The maximum absolute atomic E-state index is 6.07. The van der Waals surface area contributed by atoms with Gasteiger partial charge in [-0.3, -0.25) is 0 Å². The van der Waals surface area contributed by atoms with Crippen LogP contribution in [0.1, 0.15) is 24.7 Å². The van der Waals surface area contributed by atoms with Gasteiger partial charge < -0.3 is 10.6 Å². The maximum Gasteiger partial charge on any atom is 0.181 e. The summed E-state index contributed by atoms with van der Waals surface area (Å²) >= 11 is 0. The zero-order chi connectivity index (χ0) is 13.4.